The summed E-state index contributed by atoms with van der Waals surface area (Å²) in [6.45, 7) is 2.59. The van der Waals surface area contributed by atoms with E-state index in [0.29, 0.717) is 59.4 Å². The van der Waals surface area contributed by atoms with Crippen molar-refractivity contribution in [2.45, 2.75) is 73.7 Å². The van der Waals surface area contributed by atoms with Crippen LogP contribution in [0.5, 0.6) is 6.01 Å². The van der Waals surface area contributed by atoms with E-state index in [1.807, 2.05) is 0 Å². The van der Waals surface area contributed by atoms with Crippen LogP contribution in [0.15, 0.2) is 42.9 Å². The first-order valence-corrected chi connectivity index (χ1v) is 19.8. The third-order valence-corrected chi connectivity index (χ3v) is 13.8. The number of pyridine rings is 1. The largest absolute Gasteiger partial charge is 0.461 e. The van der Waals surface area contributed by atoms with Gasteiger partial charge in [-0.05, 0) is 62.9 Å². The van der Waals surface area contributed by atoms with Crippen LogP contribution < -0.4 is 15.0 Å². The summed E-state index contributed by atoms with van der Waals surface area (Å²) in [4.78, 5) is 22.7. The summed E-state index contributed by atoms with van der Waals surface area (Å²) in [5, 5.41) is 8.77. The van der Waals surface area contributed by atoms with Gasteiger partial charge in [0.05, 0.1) is 21.7 Å². The van der Waals surface area contributed by atoms with Gasteiger partial charge < -0.3 is 15.0 Å². The second kappa shape index (κ2) is 12.1. The van der Waals surface area contributed by atoms with E-state index >= 15 is 4.39 Å². The molecule has 4 aliphatic heterocycles. The number of ether oxygens (including phenoxy) is 1. The Morgan fingerprint density at radius 3 is 2.66 bits per heavy atom. The van der Waals surface area contributed by atoms with Crippen LogP contribution in [0, 0.1) is 24.0 Å². The Balaban J connectivity index is 1.02. The molecular formula is C38H37F2N9O3S. The normalized spacial score (nSPS) is 25.7. The van der Waals surface area contributed by atoms with Crippen molar-refractivity contribution in [3.63, 3.8) is 0 Å². The van der Waals surface area contributed by atoms with E-state index in [1.54, 1.807) is 30.5 Å². The van der Waals surface area contributed by atoms with Gasteiger partial charge in [0.25, 0.3) is 10.0 Å². The first-order chi connectivity index (χ1) is 25.7. The quantitative estimate of drug-likeness (QED) is 0.228. The van der Waals surface area contributed by atoms with E-state index < -0.39 is 32.4 Å². The molecule has 15 heteroatoms. The SMILES string of the molecule is C#Cc1c(F)ccc2cccc(-c3ncc4c(N5C[C@H]6CC[C@@H](C5)N6)nc(OC[C@@]56CCCN5C[C@@H](S(=O)(=O)n5cnc(C7CC7)n5)C6)nc4c3F)c12. The molecule has 7 heterocycles. The van der Waals surface area contributed by atoms with Crippen LogP contribution in [-0.2, 0) is 10.0 Å². The first-order valence-electron chi connectivity index (χ1n) is 18.3. The highest BCUT2D eigenvalue weighted by molar-refractivity contribution is 7.90. The number of anilines is 1. The molecule has 4 atom stereocenters. The van der Waals surface area contributed by atoms with E-state index in [-0.39, 0.29) is 47.4 Å². The predicted molar refractivity (Wildman–Crippen MR) is 194 cm³/mol. The van der Waals surface area contributed by atoms with Crippen molar-refractivity contribution in [2.75, 3.05) is 37.7 Å². The fraction of sp³-hybridized carbons (Fsp3) is 0.447. The number of halogens is 2. The molecule has 272 valence electrons. The zero-order chi connectivity index (χ0) is 36.1. The van der Waals surface area contributed by atoms with Gasteiger partial charge in [0.2, 0.25) is 0 Å². The van der Waals surface area contributed by atoms with Gasteiger partial charge in [0, 0.05) is 54.8 Å². The number of hydrogen-bond donors (Lipinski definition) is 1. The number of nitrogens with one attached hydrogen (secondary N) is 1. The number of fused-ring (bicyclic) bond motifs is 5. The average molecular weight is 738 g/mol. The fourth-order valence-electron chi connectivity index (χ4n) is 9.11. The molecule has 10 rings (SSSR count). The van der Waals surface area contributed by atoms with Crippen LogP contribution >= 0.6 is 0 Å². The molecule has 4 saturated heterocycles. The molecular weight excluding hydrogens is 701 g/mol. The van der Waals surface area contributed by atoms with Crippen LogP contribution in [0.4, 0.5) is 14.6 Å². The lowest BCUT2D eigenvalue weighted by atomic mass is 9.95. The molecule has 1 saturated carbocycles. The predicted octanol–water partition coefficient (Wildman–Crippen LogP) is 4.38. The zero-order valence-electron chi connectivity index (χ0n) is 28.9. The monoisotopic (exact) mass is 737 g/mol. The van der Waals surface area contributed by atoms with Gasteiger partial charge in [0.1, 0.15) is 35.8 Å². The van der Waals surface area contributed by atoms with Crippen LogP contribution in [0.2, 0.25) is 0 Å². The molecule has 5 fully saturated rings. The standard InChI is InChI=1S/C38H37F2N9O3S/c1-2-27-30(39)12-9-22-5-3-6-28(31(22)27)33-32(40)34-29(16-41-33)36(47-17-24-10-11-25(18-47)43-24)45-37(44-34)52-20-38-13-4-14-48(38)19-26(15-38)53(50,51)49-21-42-35(46-49)23-7-8-23/h1,3,5-6,9,12,16,21,23-26,43H,4,7-8,10-11,13-15,17-20H2/t24-,25+,26-,38-/m0/s1. The molecule has 0 amide bonds. The van der Waals surface area contributed by atoms with Gasteiger partial charge in [-0.2, -0.15) is 9.97 Å². The maximum absolute atomic E-state index is 17.0. The Morgan fingerprint density at radius 2 is 1.87 bits per heavy atom. The lowest BCUT2D eigenvalue weighted by Crippen LogP contribution is -2.51. The Hall–Kier alpha value is -4.78. The van der Waals surface area contributed by atoms with Gasteiger partial charge in [-0.25, -0.2) is 22.2 Å². The van der Waals surface area contributed by atoms with Crippen LogP contribution in [0.3, 0.4) is 0 Å². The lowest BCUT2D eigenvalue weighted by molar-refractivity contribution is 0.108. The minimum absolute atomic E-state index is 0.000547. The van der Waals surface area contributed by atoms with Crippen molar-refractivity contribution in [3.05, 3.63) is 65.9 Å². The number of hydrogen-bond acceptors (Lipinski definition) is 11. The Bertz CT molecular complexity index is 2450. The highest BCUT2D eigenvalue weighted by Gasteiger charge is 2.53. The maximum atomic E-state index is 17.0. The van der Waals surface area contributed by atoms with Gasteiger partial charge in [0.15, 0.2) is 11.6 Å². The number of nitrogens with zero attached hydrogens (tertiary/aromatic N) is 8. The van der Waals surface area contributed by atoms with Crippen molar-refractivity contribution in [2.24, 2.45) is 0 Å². The summed E-state index contributed by atoms with van der Waals surface area (Å²) in [6, 6.07) is 8.71. The Labute approximate surface area is 305 Å². The summed E-state index contributed by atoms with van der Waals surface area (Å²) < 4.78 is 66.9. The molecule has 1 aliphatic carbocycles. The van der Waals surface area contributed by atoms with E-state index in [2.05, 4.69) is 41.1 Å². The maximum Gasteiger partial charge on any atom is 0.319 e. The van der Waals surface area contributed by atoms with Gasteiger partial charge in [-0.3, -0.25) is 9.88 Å². The molecule has 0 unspecified atom stereocenters. The highest BCUT2D eigenvalue weighted by Crippen LogP contribution is 2.43. The van der Waals surface area contributed by atoms with Crippen LogP contribution in [0.1, 0.15) is 62.3 Å². The molecule has 2 bridgehead atoms. The number of terminal acetylenes is 1. The Morgan fingerprint density at radius 1 is 1.04 bits per heavy atom. The molecule has 12 nitrogen and oxygen atoms in total. The van der Waals surface area contributed by atoms with Gasteiger partial charge in [-0.1, -0.05) is 30.2 Å². The van der Waals surface area contributed by atoms with Crippen LogP contribution in [0.25, 0.3) is 32.9 Å². The molecule has 0 radical (unpaired) electrons. The third kappa shape index (κ3) is 5.36. The van der Waals surface area contributed by atoms with Crippen molar-refractivity contribution < 1.29 is 21.9 Å². The lowest BCUT2D eigenvalue weighted by Gasteiger charge is -2.34. The van der Waals surface area contributed by atoms with Crippen molar-refractivity contribution in [1.29, 1.82) is 0 Å². The summed E-state index contributed by atoms with van der Waals surface area (Å²) >= 11 is 0. The summed E-state index contributed by atoms with van der Waals surface area (Å²) in [6.07, 6.45) is 14.7. The second-order valence-corrected chi connectivity index (χ2v) is 17.3. The molecule has 3 aromatic heterocycles. The number of benzene rings is 2. The number of aromatic nitrogens is 6. The first kappa shape index (κ1) is 32.8. The molecule has 53 heavy (non-hydrogen) atoms. The number of piperazine rings is 1. The molecule has 5 aliphatic rings. The second-order valence-electron chi connectivity index (χ2n) is 15.2. The number of rotatable bonds is 8. The molecule has 2 aromatic carbocycles. The van der Waals surface area contributed by atoms with Gasteiger partial charge >= 0.3 is 6.01 Å². The minimum Gasteiger partial charge on any atom is -0.461 e. The van der Waals surface area contributed by atoms with E-state index in [1.165, 1.54) is 12.4 Å². The fourth-order valence-corrected chi connectivity index (χ4v) is 10.7. The Kier molecular flexibility index (Phi) is 7.51. The summed E-state index contributed by atoms with van der Waals surface area (Å²) in [7, 11) is -3.79. The third-order valence-electron chi connectivity index (χ3n) is 11.9. The minimum atomic E-state index is -3.79. The van der Waals surface area contributed by atoms with Crippen molar-refractivity contribution in [1.82, 2.24) is 39.3 Å². The summed E-state index contributed by atoms with van der Waals surface area (Å²) in [5.41, 5.74) is -0.157. The zero-order valence-corrected chi connectivity index (χ0v) is 29.7. The smallest absolute Gasteiger partial charge is 0.319 e. The summed E-state index contributed by atoms with van der Waals surface area (Å²) in [5.74, 6) is 2.52. The molecule has 5 aromatic rings. The van der Waals surface area contributed by atoms with Crippen molar-refractivity contribution in [3.8, 4) is 29.6 Å². The average Bonchev–Trinajstić information content (AvgIpc) is 3.43. The topological polar surface area (TPSA) is 131 Å². The van der Waals surface area contributed by atoms with E-state index in [0.717, 1.165) is 49.2 Å². The van der Waals surface area contributed by atoms with Crippen molar-refractivity contribution >= 4 is 37.5 Å². The molecule has 0 spiro atoms. The van der Waals surface area contributed by atoms with E-state index in [4.69, 9.17) is 16.1 Å². The molecule has 1 N–H and O–H groups in total. The van der Waals surface area contributed by atoms with Crippen LogP contribution in [-0.4, -0.2) is 98.1 Å². The van der Waals surface area contributed by atoms with Gasteiger partial charge in [-0.15, -0.1) is 15.6 Å². The van der Waals surface area contributed by atoms with E-state index in [9.17, 15) is 12.8 Å². The highest BCUT2D eigenvalue weighted by atomic mass is 32.2.